The van der Waals surface area contributed by atoms with Crippen LogP contribution in [0.15, 0.2) is 79.0 Å². The van der Waals surface area contributed by atoms with Gasteiger partial charge in [-0.15, -0.1) is 0 Å². The number of fused-ring (bicyclic) bond motifs is 1. The molecule has 0 aliphatic rings. The number of pyridine rings is 1. The highest BCUT2D eigenvalue weighted by molar-refractivity contribution is 5.91. The van der Waals surface area contributed by atoms with Crippen LogP contribution in [0.25, 0.3) is 16.8 Å². The summed E-state index contributed by atoms with van der Waals surface area (Å²) in [5.41, 5.74) is 3.09. The van der Waals surface area contributed by atoms with Crippen LogP contribution in [-0.4, -0.2) is 22.6 Å². The molecule has 0 saturated heterocycles. The minimum atomic E-state index is -0.523. The van der Waals surface area contributed by atoms with Crippen LogP contribution in [0.5, 0.6) is 0 Å². The molecule has 3 N–H and O–H groups in total. The van der Waals surface area contributed by atoms with Crippen LogP contribution >= 0.6 is 0 Å². The van der Waals surface area contributed by atoms with E-state index in [4.69, 9.17) is 0 Å². The number of rotatable bonds is 5. The fourth-order valence-corrected chi connectivity index (χ4v) is 3.23. The fourth-order valence-electron chi connectivity index (χ4n) is 3.23. The number of nitrogens with zero attached hydrogens (tertiary/aromatic N) is 1. The molecule has 28 heavy (non-hydrogen) atoms. The van der Waals surface area contributed by atoms with E-state index in [1.807, 2.05) is 48.5 Å². The molecular formula is C22H19FN3O2+. The van der Waals surface area contributed by atoms with E-state index in [0.29, 0.717) is 11.5 Å². The quantitative estimate of drug-likeness (QED) is 0.469. The van der Waals surface area contributed by atoms with Gasteiger partial charge in [0.1, 0.15) is 5.82 Å². The molecule has 2 heterocycles. The summed E-state index contributed by atoms with van der Waals surface area (Å²) in [5.74, 6) is -0.347. The Balaban J connectivity index is 1.72. The Morgan fingerprint density at radius 1 is 1.04 bits per heavy atom. The van der Waals surface area contributed by atoms with Crippen LogP contribution < -0.4 is 9.72 Å². The molecule has 140 valence electrons. The van der Waals surface area contributed by atoms with Gasteiger partial charge in [-0.3, -0.25) is 4.79 Å². The number of aromatic amines is 1. The first-order valence-corrected chi connectivity index (χ1v) is 8.92. The van der Waals surface area contributed by atoms with Crippen LogP contribution in [0.3, 0.4) is 0 Å². The standard InChI is InChI=1S/C22H18FN3O2/c23-17-11-9-16(10-12-17)20-19-8-4-5-13-26(19)21(25-20)22(28)24-18(14-27)15-6-2-1-3-7-15/h1-13,18,27H,14H2,(H,24,28)/p+1/t18-/m0/s1. The molecule has 0 unspecified atom stereocenters. The number of hydrogen-bond acceptors (Lipinski definition) is 2. The first kappa shape index (κ1) is 17.9. The molecule has 0 aliphatic heterocycles. The highest BCUT2D eigenvalue weighted by Crippen LogP contribution is 2.22. The molecule has 2 aromatic carbocycles. The van der Waals surface area contributed by atoms with Crippen molar-refractivity contribution in [3.05, 3.63) is 96.2 Å². The Labute approximate surface area is 161 Å². The van der Waals surface area contributed by atoms with E-state index in [0.717, 1.165) is 16.6 Å². The van der Waals surface area contributed by atoms with E-state index in [-0.39, 0.29) is 18.3 Å². The Morgan fingerprint density at radius 2 is 1.75 bits per heavy atom. The van der Waals surface area contributed by atoms with Crippen molar-refractivity contribution in [3.8, 4) is 11.3 Å². The second-order valence-electron chi connectivity index (χ2n) is 6.43. The summed E-state index contributed by atoms with van der Waals surface area (Å²) in [7, 11) is 0. The number of amides is 1. The lowest BCUT2D eigenvalue weighted by atomic mass is 10.1. The molecule has 4 rings (SSSR count). The highest BCUT2D eigenvalue weighted by Gasteiger charge is 2.27. The molecule has 0 fully saturated rings. The number of benzene rings is 2. The van der Waals surface area contributed by atoms with Crippen LogP contribution in [0.1, 0.15) is 22.2 Å². The van der Waals surface area contributed by atoms with Crippen LogP contribution in [0, 0.1) is 5.82 Å². The lowest BCUT2D eigenvalue weighted by Gasteiger charge is -2.14. The number of aromatic nitrogens is 2. The second kappa shape index (κ2) is 7.62. The number of aliphatic hydroxyl groups is 1. The molecule has 0 spiro atoms. The Hall–Kier alpha value is -3.51. The van der Waals surface area contributed by atoms with E-state index in [1.54, 1.807) is 22.7 Å². The smallest absolute Gasteiger partial charge is 0.351 e. The van der Waals surface area contributed by atoms with Crippen molar-refractivity contribution in [2.75, 3.05) is 6.61 Å². The van der Waals surface area contributed by atoms with Gasteiger partial charge in [0.05, 0.1) is 18.8 Å². The number of hydrogen-bond donors (Lipinski definition) is 3. The average Bonchev–Trinajstić information content (AvgIpc) is 3.13. The van der Waals surface area contributed by atoms with E-state index < -0.39 is 6.04 Å². The first-order valence-electron chi connectivity index (χ1n) is 8.92. The van der Waals surface area contributed by atoms with E-state index in [2.05, 4.69) is 10.3 Å². The van der Waals surface area contributed by atoms with E-state index in [1.165, 1.54) is 12.1 Å². The molecule has 0 saturated carbocycles. The van der Waals surface area contributed by atoms with Crippen molar-refractivity contribution in [2.45, 2.75) is 6.04 Å². The summed E-state index contributed by atoms with van der Waals surface area (Å²) in [4.78, 5) is 16.1. The summed E-state index contributed by atoms with van der Waals surface area (Å²) in [6, 6.07) is 20.4. The number of carbonyl (C=O) groups is 1. The lowest BCUT2D eigenvalue weighted by Crippen LogP contribution is -2.38. The number of aliphatic hydroxyl groups excluding tert-OH is 1. The number of imidazole rings is 1. The van der Waals surface area contributed by atoms with Gasteiger partial charge in [-0.2, -0.15) is 4.40 Å². The minimum absolute atomic E-state index is 0.218. The lowest BCUT2D eigenvalue weighted by molar-refractivity contribution is -0.514. The van der Waals surface area contributed by atoms with Crippen LogP contribution in [0.4, 0.5) is 4.39 Å². The van der Waals surface area contributed by atoms with E-state index >= 15 is 0 Å². The van der Waals surface area contributed by atoms with Crippen LogP contribution in [0.2, 0.25) is 0 Å². The Bertz CT molecular complexity index is 1110. The van der Waals surface area contributed by atoms with Crippen molar-refractivity contribution in [1.29, 1.82) is 0 Å². The van der Waals surface area contributed by atoms with Gasteiger partial charge in [0.25, 0.3) is 0 Å². The fraction of sp³-hybridized carbons (Fsp3) is 0.0909. The topological polar surface area (TPSA) is 69.2 Å². The number of H-pyrrole nitrogens is 1. The minimum Gasteiger partial charge on any atom is -0.394 e. The predicted octanol–water partition coefficient (Wildman–Crippen LogP) is 3.02. The normalized spacial score (nSPS) is 12.1. The van der Waals surface area contributed by atoms with E-state index in [9.17, 15) is 14.3 Å². The van der Waals surface area contributed by atoms with Gasteiger partial charge in [-0.05, 0) is 42.0 Å². The molecule has 6 heteroatoms. The molecule has 0 radical (unpaired) electrons. The summed E-state index contributed by atoms with van der Waals surface area (Å²) in [6.45, 7) is -0.218. The third kappa shape index (κ3) is 3.37. The number of carbonyl (C=O) groups excluding carboxylic acids is 1. The first-order chi connectivity index (χ1) is 13.7. The molecule has 0 aliphatic carbocycles. The zero-order chi connectivity index (χ0) is 19.5. The number of halogens is 1. The van der Waals surface area contributed by atoms with Gasteiger partial charge >= 0.3 is 11.7 Å². The van der Waals surface area contributed by atoms with Gasteiger partial charge in [-0.25, -0.2) is 9.37 Å². The maximum absolute atomic E-state index is 13.3. The van der Waals surface area contributed by atoms with Gasteiger partial charge in [0.2, 0.25) is 0 Å². The molecule has 1 amide bonds. The van der Waals surface area contributed by atoms with Crippen molar-refractivity contribution in [3.63, 3.8) is 0 Å². The third-order valence-electron chi connectivity index (χ3n) is 4.64. The molecule has 1 atom stereocenters. The SMILES string of the molecule is O=C(N[C@@H](CO)c1ccccc1)c1[nH]c(-c2ccc(F)cc2)c2cccc[n+]12. The van der Waals surface area contributed by atoms with Crippen molar-refractivity contribution in [2.24, 2.45) is 0 Å². The largest absolute Gasteiger partial charge is 0.394 e. The Morgan fingerprint density at radius 3 is 2.46 bits per heavy atom. The monoisotopic (exact) mass is 376 g/mol. The van der Waals surface area contributed by atoms with Gasteiger partial charge < -0.3 is 10.4 Å². The molecule has 2 aromatic heterocycles. The summed E-state index contributed by atoms with van der Waals surface area (Å²) in [6.07, 6.45) is 1.78. The summed E-state index contributed by atoms with van der Waals surface area (Å²) < 4.78 is 15.0. The number of nitrogens with one attached hydrogen (secondary N) is 2. The summed E-state index contributed by atoms with van der Waals surface area (Å²) in [5, 5.41) is 12.6. The molecule has 0 bridgehead atoms. The zero-order valence-corrected chi connectivity index (χ0v) is 15.0. The second-order valence-corrected chi connectivity index (χ2v) is 6.43. The maximum atomic E-state index is 13.3. The van der Waals surface area contributed by atoms with Crippen molar-refractivity contribution in [1.82, 2.24) is 10.3 Å². The highest BCUT2D eigenvalue weighted by atomic mass is 19.1. The van der Waals surface area contributed by atoms with Crippen molar-refractivity contribution >= 4 is 11.4 Å². The average molecular weight is 376 g/mol. The molecule has 4 aromatic rings. The molecule has 5 nitrogen and oxygen atoms in total. The Kier molecular flexibility index (Phi) is 4.87. The van der Waals surface area contributed by atoms with Gasteiger partial charge in [0, 0.05) is 5.56 Å². The van der Waals surface area contributed by atoms with Crippen LogP contribution in [-0.2, 0) is 0 Å². The van der Waals surface area contributed by atoms with Gasteiger partial charge in [0.15, 0.2) is 11.2 Å². The van der Waals surface area contributed by atoms with Crippen molar-refractivity contribution < 1.29 is 18.7 Å². The molecular weight excluding hydrogens is 357 g/mol. The summed E-state index contributed by atoms with van der Waals surface area (Å²) >= 11 is 0. The predicted molar refractivity (Wildman–Crippen MR) is 103 cm³/mol. The maximum Gasteiger partial charge on any atom is 0.351 e. The third-order valence-corrected chi connectivity index (χ3v) is 4.64. The van der Waals surface area contributed by atoms with Gasteiger partial charge in [-0.1, -0.05) is 36.4 Å². The zero-order valence-electron chi connectivity index (χ0n) is 15.0.